The fraction of sp³-hybridized carbons (Fsp3) is 0.727. The van der Waals surface area contributed by atoms with Gasteiger partial charge in [-0.25, -0.2) is 4.79 Å². The highest BCUT2D eigenvalue weighted by molar-refractivity contribution is 5.82. The number of urea groups is 1. The molecule has 0 saturated carbocycles. The summed E-state index contributed by atoms with van der Waals surface area (Å²) in [6.07, 6.45) is 2.06. The van der Waals surface area contributed by atoms with E-state index in [1.165, 1.54) is 4.90 Å². The summed E-state index contributed by atoms with van der Waals surface area (Å²) in [7, 11) is 0. The predicted octanol–water partition coefficient (Wildman–Crippen LogP) is 0.148. The van der Waals surface area contributed by atoms with Gasteiger partial charge >= 0.3 is 12.0 Å². The summed E-state index contributed by atoms with van der Waals surface area (Å²) in [5, 5.41) is 11.0. The van der Waals surface area contributed by atoms with Gasteiger partial charge in [-0.1, -0.05) is 13.3 Å². The highest BCUT2D eigenvalue weighted by atomic mass is 16.4. The Bertz CT molecular complexity index is 294. The minimum Gasteiger partial charge on any atom is -0.481 e. The second kappa shape index (κ2) is 9.26. The molecule has 104 valence electrons. The molecule has 0 aliphatic rings. The first-order valence-corrected chi connectivity index (χ1v) is 6.00. The van der Waals surface area contributed by atoms with Gasteiger partial charge in [0.1, 0.15) is 6.54 Å². The second-order valence-corrected chi connectivity index (χ2v) is 3.97. The molecule has 0 unspecified atom stereocenters. The van der Waals surface area contributed by atoms with Gasteiger partial charge in [-0.3, -0.25) is 9.59 Å². The molecule has 0 aromatic rings. The van der Waals surface area contributed by atoms with E-state index in [2.05, 4.69) is 5.32 Å². The molecule has 3 amide bonds. The first-order chi connectivity index (χ1) is 8.47. The van der Waals surface area contributed by atoms with Gasteiger partial charge in [0.15, 0.2) is 0 Å². The normalized spacial score (nSPS) is 9.83. The van der Waals surface area contributed by atoms with E-state index < -0.39 is 11.9 Å². The van der Waals surface area contributed by atoms with Crippen molar-refractivity contribution in [2.75, 3.05) is 19.6 Å². The van der Waals surface area contributed by atoms with Crippen molar-refractivity contribution in [3.05, 3.63) is 0 Å². The van der Waals surface area contributed by atoms with Crippen molar-refractivity contribution in [3.8, 4) is 0 Å². The molecule has 0 atom stereocenters. The Morgan fingerprint density at radius 2 is 1.94 bits per heavy atom. The average molecular weight is 259 g/mol. The van der Waals surface area contributed by atoms with Crippen LogP contribution in [0.2, 0.25) is 0 Å². The Kier molecular flexibility index (Phi) is 8.34. The fourth-order valence-corrected chi connectivity index (χ4v) is 1.34. The third-order valence-corrected chi connectivity index (χ3v) is 2.26. The van der Waals surface area contributed by atoms with Gasteiger partial charge in [0.05, 0.1) is 0 Å². The molecule has 7 heteroatoms. The average Bonchev–Trinajstić information content (AvgIpc) is 2.29. The van der Waals surface area contributed by atoms with E-state index in [9.17, 15) is 14.4 Å². The zero-order chi connectivity index (χ0) is 14.0. The zero-order valence-electron chi connectivity index (χ0n) is 10.6. The molecule has 18 heavy (non-hydrogen) atoms. The Morgan fingerprint density at radius 1 is 1.28 bits per heavy atom. The molecular weight excluding hydrogens is 238 g/mol. The summed E-state index contributed by atoms with van der Waals surface area (Å²) in [6.45, 7) is 2.59. The van der Waals surface area contributed by atoms with Gasteiger partial charge in [-0.15, -0.1) is 0 Å². The number of aliphatic carboxylic acids is 1. The first-order valence-electron chi connectivity index (χ1n) is 6.00. The van der Waals surface area contributed by atoms with Gasteiger partial charge in [0.25, 0.3) is 0 Å². The van der Waals surface area contributed by atoms with Gasteiger partial charge in [-0.05, 0) is 12.8 Å². The third-order valence-electron chi connectivity index (χ3n) is 2.26. The number of nitrogens with one attached hydrogen (secondary N) is 1. The van der Waals surface area contributed by atoms with Gasteiger partial charge < -0.3 is 21.1 Å². The number of nitrogens with two attached hydrogens (primary N) is 1. The lowest BCUT2D eigenvalue weighted by Crippen LogP contribution is -2.45. The second-order valence-electron chi connectivity index (χ2n) is 3.97. The number of carbonyl (C=O) groups is 3. The van der Waals surface area contributed by atoms with Crippen LogP contribution in [0.25, 0.3) is 0 Å². The van der Waals surface area contributed by atoms with Crippen LogP contribution in [0.4, 0.5) is 4.79 Å². The summed E-state index contributed by atoms with van der Waals surface area (Å²) in [5.41, 5.74) is 5.06. The van der Waals surface area contributed by atoms with E-state index in [-0.39, 0.29) is 25.5 Å². The number of hydrogen-bond acceptors (Lipinski definition) is 3. The lowest BCUT2D eigenvalue weighted by Gasteiger charge is -2.21. The Balaban J connectivity index is 4.03. The van der Waals surface area contributed by atoms with E-state index in [0.717, 1.165) is 12.8 Å². The summed E-state index contributed by atoms with van der Waals surface area (Å²) < 4.78 is 0. The number of carbonyl (C=O) groups excluding carboxylic acids is 2. The molecule has 0 aromatic carbocycles. The summed E-state index contributed by atoms with van der Waals surface area (Å²) in [6, 6.07) is -0.382. The van der Waals surface area contributed by atoms with Crippen LogP contribution in [0.15, 0.2) is 0 Å². The molecule has 4 N–H and O–H groups in total. The molecule has 0 bridgehead atoms. The van der Waals surface area contributed by atoms with Crippen LogP contribution in [0, 0.1) is 0 Å². The summed E-state index contributed by atoms with van der Waals surface area (Å²) >= 11 is 0. The van der Waals surface area contributed by atoms with Crippen molar-refractivity contribution in [1.82, 2.24) is 10.2 Å². The topological polar surface area (TPSA) is 113 Å². The summed E-state index contributed by atoms with van der Waals surface area (Å²) in [5.74, 6) is -1.46. The SMILES string of the molecule is CCCCN(CC(N)=O)C(=O)NCCCC(=O)O. The van der Waals surface area contributed by atoms with Crippen LogP contribution < -0.4 is 11.1 Å². The van der Waals surface area contributed by atoms with E-state index in [4.69, 9.17) is 10.8 Å². The van der Waals surface area contributed by atoms with Crippen LogP contribution in [-0.4, -0.2) is 47.5 Å². The van der Waals surface area contributed by atoms with E-state index >= 15 is 0 Å². The van der Waals surface area contributed by atoms with Crippen molar-refractivity contribution in [2.45, 2.75) is 32.6 Å². The maximum Gasteiger partial charge on any atom is 0.317 e. The van der Waals surface area contributed by atoms with Crippen molar-refractivity contribution in [3.63, 3.8) is 0 Å². The van der Waals surface area contributed by atoms with Crippen LogP contribution in [0.3, 0.4) is 0 Å². The number of carboxylic acid groups (broad SMARTS) is 1. The van der Waals surface area contributed by atoms with E-state index in [1.807, 2.05) is 6.92 Å². The molecule has 0 fully saturated rings. The molecule has 0 heterocycles. The number of amides is 3. The van der Waals surface area contributed by atoms with Gasteiger partial charge in [-0.2, -0.15) is 0 Å². The van der Waals surface area contributed by atoms with Crippen molar-refractivity contribution in [1.29, 1.82) is 0 Å². The molecule has 0 spiro atoms. The monoisotopic (exact) mass is 259 g/mol. The molecule has 0 saturated heterocycles. The third kappa shape index (κ3) is 8.37. The van der Waals surface area contributed by atoms with Gasteiger partial charge in [0.2, 0.25) is 5.91 Å². The Hall–Kier alpha value is -1.79. The summed E-state index contributed by atoms with van der Waals surface area (Å²) in [4.78, 5) is 34.1. The maximum absolute atomic E-state index is 11.7. The minimum absolute atomic E-state index is 0.00502. The molecule has 0 aliphatic heterocycles. The first kappa shape index (κ1) is 16.2. The fourth-order valence-electron chi connectivity index (χ4n) is 1.34. The number of rotatable bonds is 9. The van der Waals surface area contributed by atoms with E-state index in [0.29, 0.717) is 13.0 Å². The van der Waals surface area contributed by atoms with Crippen LogP contribution in [0.1, 0.15) is 32.6 Å². The Labute approximate surface area is 106 Å². The van der Waals surface area contributed by atoms with Crippen molar-refractivity contribution < 1.29 is 19.5 Å². The van der Waals surface area contributed by atoms with E-state index in [1.54, 1.807) is 0 Å². The molecule has 7 nitrogen and oxygen atoms in total. The largest absolute Gasteiger partial charge is 0.481 e. The van der Waals surface area contributed by atoms with Gasteiger partial charge in [0, 0.05) is 19.5 Å². The molecule has 0 aliphatic carbocycles. The number of carboxylic acids is 1. The minimum atomic E-state index is -0.899. The zero-order valence-corrected chi connectivity index (χ0v) is 10.6. The smallest absolute Gasteiger partial charge is 0.317 e. The quantitative estimate of drug-likeness (QED) is 0.511. The number of nitrogens with zero attached hydrogens (tertiary/aromatic N) is 1. The standard InChI is InChI=1S/C11H21N3O4/c1-2-3-7-14(8-9(12)15)11(18)13-6-4-5-10(16)17/h2-8H2,1H3,(H2,12,15)(H,13,18)(H,16,17). The van der Waals surface area contributed by atoms with Crippen molar-refractivity contribution in [2.24, 2.45) is 5.73 Å². The van der Waals surface area contributed by atoms with Crippen LogP contribution >= 0.6 is 0 Å². The molecular formula is C11H21N3O4. The van der Waals surface area contributed by atoms with Crippen LogP contribution in [-0.2, 0) is 9.59 Å². The molecule has 0 aromatic heterocycles. The lowest BCUT2D eigenvalue weighted by atomic mass is 10.3. The van der Waals surface area contributed by atoms with Crippen molar-refractivity contribution >= 4 is 17.9 Å². The predicted molar refractivity (Wildman–Crippen MR) is 65.9 cm³/mol. The Morgan fingerprint density at radius 3 is 2.44 bits per heavy atom. The highest BCUT2D eigenvalue weighted by Gasteiger charge is 2.14. The number of hydrogen-bond donors (Lipinski definition) is 3. The maximum atomic E-state index is 11.7. The highest BCUT2D eigenvalue weighted by Crippen LogP contribution is 1.96. The number of unbranched alkanes of at least 4 members (excludes halogenated alkanes) is 1. The number of primary amides is 1. The molecule has 0 radical (unpaired) electrons. The lowest BCUT2D eigenvalue weighted by molar-refractivity contribution is -0.137. The van der Waals surface area contributed by atoms with Crippen LogP contribution in [0.5, 0.6) is 0 Å². The molecule has 0 rings (SSSR count).